The molecule has 2 amide bonds. The van der Waals surface area contributed by atoms with E-state index in [1.807, 2.05) is 23.1 Å². The second kappa shape index (κ2) is 8.43. The highest BCUT2D eigenvalue weighted by Gasteiger charge is 2.64. The molecule has 174 valence electrons. The van der Waals surface area contributed by atoms with E-state index in [9.17, 15) is 14.4 Å². The van der Waals surface area contributed by atoms with Gasteiger partial charge in [-0.25, -0.2) is 4.90 Å². The third-order valence-corrected chi connectivity index (χ3v) is 8.25. The Kier molecular flexibility index (Phi) is 5.47. The van der Waals surface area contributed by atoms with Crippen LogP contribution >= 0.6 is 43.5 Å². The predicted molar refractivity (Wildman–Crippen MR) is 143 cm³/mol. The van der Waals surface area contributed by atoms with Crippen molar-refractivity contribution < 1.29 is 14.4 Å². The number of fused-ring (bicyclic) bond motifs is 5. The maximum absolute atomic E-state index is 14.0. The molecule has 2 saturated heterocycles. The minimum Gasteiger partial charge on any atom is -0.352 e. The summed E-state index contributed by atoms with van der Waals surface area (Å²) in [6.45, 7) is 0. The Labute approximate surface area is 223 Å². The molecule has 0 aromatic heterocycles. The molecule has 2 fully saturated rings. The monoisotopic (exact) mass is 610 g/mol. The molecule has 5 nitrogen and oxygen atoms in total. The number of Topliss-reactive ketones (excluding diaryl/α,β-unsaturated/α-hetero) is 1. The van der Waals surface area contributed by atoms with Gasteiger partial charge in [0.1, 0.15) is 6.04 Å². The number of benzene rings is 3. The molecule has 35 heavy (non-hydrogen) atoms. The van der Waals surface area contributed by atoms with Crippen molar-refractivity contribution in [1.29, 1.82) is 0 Å². The first-order chi connectivity index (χ1) is 16.8. The molecular weight excluding hydrogens is 596 g/mol. The van der Waals surface area contributed by atoms with Crippen molar-refractivity contribution in [1.82, 2.24) is 0 Å². The summed E-state index contributed by atoms with van der Waals surface area (Å²) in [5.41, 5.74) is 2.63. The highest BCUT2D eigenvalue weighted by molar-refractivity contribution is 9.10. The lowest BCUT2D eigenvalue weighted by molar-refractivity contribution is -0.122. The molecule has 0 radical (unpaired) electrons. The molecule has 0 bridgehead atoms. The lowest BCUT2D eigenvalue weighted by Gasteiger charge is -2.36. The van der Waals surface area contributed by atoms with Crippen LogP contribution in [0.15, 0.2) is 81.8 Å². The van der Waals surface area contributed by atoms with Crippen molar-refractivity contribution >= 4 is 78.5 Å². The van der Waals surface area contributed by atoms with Crippen molar-refractivity contribution in [2.45, 2.75) is 12.1 Å². The lowest BCUT2D eigenvalue weighted by atomic mass is 9.86. The smallest absolute Gasteiger partial charge is 0.240 e. The van der Waals surface area contributed by atoms with Crippen LogP contribution in [-0.4, -0.2) is 29.7 Å². The number of hydrogen-bond donors (Lipinski definition) is 0. The first kappa shape index (κ1) is 22.7. The molecule has 8 heteroatoms. The van der Waals surface area contributed by atoms with Gasteiger partial charge in [-0.3, -0.25) is 14.4 Å². The summed E-state index contributed by atoms with van der Waals surface area (Å²) in [5, 5.41) is 0.527. The standard InChI is InChI=1S/C27H17Br2ClN2O3/c28-16-5-1-15(2-6-16)25(33)24-23-22(20-12-4-14-3-9-18(30)13-21(14)32(20)24)26(34)31(27(23)35)19-10-7-17(29)8-11-19/h1-13,20,22-24H/t20-,22-,23-,24-/m1/s1. The summed E-state index contributed by atoms with van der Waals surface area (Å²) >= 11 is 13.1. The van der Waals surface area contributed by atoms with Gasteiger partial charge >= 0.3 is 0 Å². The maximum atomic E-state index is 14.0. The van der Waals surface area contributed by atoms with E-state index in [2.05, 4.69) is 31.9 Å². The fourth-order valence-corrected chi connectivity index (χ4v) is 6.16. The van der Waals surface area contributed by atoms with E-state index in [0.717, 1.165) is 20.2 Å². The summed E-state index contributed by atoms with van der Waals surface area (Å²) in [6, 6.07) is 18.3. The van der Waals surface area contributed by atoms with Gasteiger partial charge in [-0.15, -0.1) is 0 Å². The van der Waals surface area contributed by atoms with Crippen LogP contribution in [-0.2, 0) is 9.59 Å². The van der Waals surface area contributed by atoms with Gasteiger partial charge in [0.25, 0.3) is 0 Å². The SMILES string of the molecule is O=C(c1ccc(Br)cc1)[C@H]1[C@@H]2C(=O)N(c3ccc(Br)cc3)C(=O)[C@@H]2[C@H]2C=Cc3ccc(Cl)cc3N21. The number of imide groups is 1. The van der Waals surface area contributed by atoms with Crippen LogP contribution in [0.3, 0.4) is 0 Å². The number of hydrogen-bond acceptors (Lipinski definition) is 4. The fourth-order valence-electron chi connectivity index (χ4n) is 5.46. The van der Waals surface area contributed by atoms with Crippen LogP contribution in [0.5, 0.6) is 0 Å². The van der Waals surface area contributed by atoms with E-state index in [1.54, 1.807) is 60.7 Å². The third-order valence-electron chi connectivity index (χ3n) is 6.95. The molecule has 0 saturated carbocycles. The van der Waals surface area contributed by atoms with E-state index in [4.69, 9.17) is 11.6 Å². The van der Waals surface area contributed by atoms with Crippen molar-refractivity contribution in [3.63, 3.8) is 0 Å². The van der Waals surface area contributed by atoms with Gasteiger partial charge in [-0.05, 0) is 54.1 Å². The van der Waals surface area contributed by atoms with Crippen LogP contribution < -0.4 is 9.80 Å². The van der Waals surface area contributed by atoms with E-state index in [-0.39, 0.29) is 17.6 Å². The first-order valence-corrected chi connectivity index (χ1v) is 13.0. The molecule has 0 spiro atoms. The molecule has 3 heterocycles. The summed E-state index contributed by atoms with van der Waals surface area (Å²) < 4.78 is 1.70. The molecule has 3 aliphatic rings. The fraction of sp³-hybridized carbons (Fsp3) is 0.148. The summed E-state index contributed by atoms with van der Waals surface area (Å²) in [5.74, 6) is -2.35. The van der Waals surface area contributed by atoms with Crippen LogP contribution in [0.2, 0.25) is 5.02 Å². The highest BCUT2D eigenvalue weighted by atomic mass is 79.9. The van der Waals surface area contributed by atoms with Gasteiger partial charge in [0.05, 0.1) is 23.6 Å². The molecule has 0 N–H and O–H groups in total. The van der Waals surface area contributed by atoms with Crippen molar-refractivity contribution in [3.8, 4) is 0 Å². The Hall–Kier alpha value is -2.74. The Balaban J connectivity index is 1.50. The highest BCUT2D eigenvalue weighted by Crippen LogP contribution is 2.50. The van der Waals surface area contributed by atoms with Crippen molar-refractivity contribution in [2.24, 2.45) is 11.8 Å². The molecule has 3 aliphatic heterocycles. The number of ketones is 1. The second-order valence-corrected chi connectivity index (χ2v) is 11.1. The number of carbonyl (C=O) groups excluding carboxylic acids is 3. The molecule has 0 unspecified atom stereocenters. The van der Waals surface area contributed by atoms with E-state index >= 15 is 0 Å². The lowest BCUT2D eigenvalue weighted by Crippen LogP contribution is -2.48. The Morgan fingerprint density at radius 1 is 0.829 bits per heavy atom. The quantitative estimate of drug-likeness (QED) is 0.264. The van der Waals surface area contributed by atoms with Crippen LogP contribution in [0, 0.1) is 11.8 Å². The number of anilines is 2. The van der Waals surface area contributed by atoms with Gasteiger partial charge in [-0.1, -0.05) is 73.8 Å². The number of carbonyl (C=O) groups is 3. The zero-order chi connectivity index (χ0) is 24.4. The largest absolute Gasteiger partial charge is 0.352 e. The van der Waals surface area contributed by atoms with E-state index in [1.165, 1.54) is 4.90 Å². The van der Waals surface area contributed by atoms with E-state index in [0.29, 0.717) is 16.3 Å². The number of amides is 2. The number of halogens is 3. The Bertz CT molecular complexity index is 1420. The van der Waals surface area contributed by atoms with Gasteiger partial charge in [0, 0.05) is 25.2 Å². The van der Waals surface area contributed by atoms with Crippen LogP contribution in [0.1, 0.15) is 15.9 Å². The second-order valence-electron chi connectivity index (χ2n) is 8.82. The molecule has 6 rings (SSSR count). The van der Waals surface area contributed by atoms with Crippen molar-refractivity contribution in [3.05, 3.63) is 97.9 Å². The topological polar surface area (TPSA) is 57.7 Å². The maximum Gasteiger partial charge on any atom is 0.240 e. The molecular formula is C27H17Br2ClN2O3. The van der Waals surface area contributed by atoms with Gasteiger partial charge < -0.3 is 4.90 Å². The van der Waals surface area contributed by atoms with E-state index < -0.39 is 23.9 Å². The molecule has 3 aromatic carbocycles. The van der Waals surface area contributed by atoms with Gasteiger partial charge in [0.15, 0.2) is 5.78 Å². The zero-order valence-corrected chi connectivity index (χ0v) is 22.0. The Morgan fingerprint density at radius 2 is 1.46 bits per heavy atom. The summed E-state index contributed by atoms with van der Waals surface area (Å²) in [4.78, 5) is 44.8. The van der Waals surface area contributed by atoms with Crippen LogP contribution in [0.4, 0.5) is 11.4 Å². The summed E-state index contributed by atoms with van der Waals surface area (Å²) in [7, 11) is 0. The van der Waals surface area contributed by atoms with Crippen LogP contribution in [0.25, 0.3) is 6.08 Å². The molecule has 3 aromatic rings. The molecule has 0 aliphatic carbocycles. The Morgan fingerprint density at radius 3 is 2.14 bits per heavy atom. The average molecular weight is 613 g/mol. The number of nitrogens with zero attached hydrogens (tertiary/aromatic N) is 2. The first-order valence-electron chi connectivity index (χ1n) is 11.0. The van der Waals surface area contributed by atoms with Gasteiger partial charge in [0.2, 0.25) is 11.8 Å². The minimum absolute atomic E-state index is 0.199. The predicted octanol–water partition coefficient (Wildman–Crippen LogP) is 6.14. The third kappa shape index (κ3) is 3.51. The average Bonchev–Trinajstić information content (AvgIpc) is 3.33. The summed E-state index contributed by atoms with van der Waals surface area (Å²) in [6.07, 6.45) is 3.87. The van der Waals surface area contributed by atoms with Gasteiger partial charge in [-0.2, -0.15) is 0 Å². The normalized spacial score (nSPS) is 24.4. The minimum atomic E-state index is -0.842. The number of rotatable bonds is 3. The van der Waals surface area contributed by atoms with Crippen molar-refractivity contribution in [2.75, 3.05) is 9.80 Å². The zero-order valence-electron chi connectivity index (χ0n) is 18.1. The molecule has 4 atom stereocenters.